The summed E-state index contributed by atoms with van der Waals surface area (Å²) in [6.07, 6.45) is 112. The number of carbonyl (C=O) groups excluding carboxylic acids is 2. The quantitative estimate of drug-likeness (QED) is 0.0195. The number of hydrogen-bond acceptors (Lipinski definition) is 8. The van der Waals surface area contributed by atoms with Crippen LogP contribution < -0.4 is 4.89 Å². The zero-order valence-corrected chi connectivity index (χ0v) is 65.6. The molecule has 566 valence electrons. The molecule has 0 aromatic carbocycles. The van der Waals surface area contributed by atoms with E-state index in [9.17, 15) is 19.0 Å². The van der Waals surface area contributed by atoms with Crippen LogP contribution in [0.5, 0.6) is 0 Å². The molecule has 0 heterocycles. The molecule has 0 bridgehead atoms. The third-order valence-electron chi connectivity index (χ3n) is 18.0. The lowest BCUT2D eigenvalue weighted by Gasteiger charge is -2.28. The molecule has 0 fully saturated rings. The summed E-state index contributed by atoms with van der Waals surface area (Å²) in [7, 11) is 1.18. The van der Waals surface area contributed by atoms with E-state index in [2.05, 4.69) is 135 Å². The van der Waals surface area contributed by atoms with E-state index in [0.717, 1.165) is 103 Å². The number of hydrogen-bond donors (Lipinski definition) is 0. The molecule has 98 heavy (non-hydrogen) atoms. The Morgan fingerprint density at radius 1 is 0.316 bits per heavy atom. The van der Waals surface area contributed by atoms with Gasteiger partial charge in [0, 0.05) is 12.8 Å². The molecule has 9 nitrogen and oxygen atoms in total. The van der Waals surface area contributed by atoms with E-state index in [-0.39, 0.29) is 32.0 Å². The van der Waals surface area contributed by atoms with Crippen molar-refractivity contribution in [1.82, 2.24) is 0 Å². The van der Waals surface area contributed by atoms with Crippen molar-refractivity contribution in [3.05, 3.63) is 122 Å². The molecule has 0 radical (unpaired) electrons. The van der Waals surface area contributed by atoms with E-state index in [1.807, 2.05) is 21.1 Å². The fourth-order valence-corrected chi connectivity index (χ4v) is 12.5. The second kappa shape index (κ2) is 77.6. The highest BCUT2D eigenvalue weighted by Crippen LogP contribution is 2.38. The topological polar surface area (TPSA) is 111 Å². The van der Waals surface area contributed by atoms with Gasteiger partial charge in [0.1, 0.15) is 19.8 Å². The minimum absolute atomic E-state index is 0.0314. The number of unbranched alkanes of at least 4 members (excludes halogenated alkanes) is 42. The van der Waals surface area contributed by atoms with Crippen LogP contribution in [0.15, 0.2) is 122 Å². The van der Waals surface area contributed by atoms with Crippen LogP contribution in [-0.4, -0.2) is 70.0 Å². The molecule has 0 saturated heterocycles. The molecular weight excluding hydrogens is 1230 g/mol. The number of esters is 2. The highest BCUT2D eigenvalue weighted by molar-refractivity contribution is 7.45. The number of phosphoric acid groups is 1. The molecular formula is C88H156NO8P. The van der Waals surface area contributed by atoms with Gasteiger partial charge in [-0.15, -0.1) is 0 Å². The highest BCUT2D eigenvalue weighted by atomic mass is 31.2. The summed E-state index contributed by atoms with van der Waals surface area (Å²) in [6, 6.07) is 0. The number of rotatable bonds is 76. The minimum Gasteiger partial charge on any atom is -0.756 e. The predicted octanol–water partition coefficient (Wildman–Crippen LogP) is 27.1. The van der Waals surface area contributed by atoms with Crippen molar-refractivity contribution in [1.29, 1.82) is 0 Å². The molecule has 10 heteroatoms. The average molecular weight is 1390 g/mol. The van der Waals surface area contributed by atoms with Gasteiger partial charge in [-0.3, -0.25) is 14.2 Å². The number of nitrogens with zero attached hydrogens (tertiary/aromatic N) is 1. The van der Waals surface area contributed by atoms with Gasteiger partial charge in [0.05, 0.1) is 27.7 Å². The van der Waals surface area contributed by atoms with Crippen molar-refractivity contribution in [2.45, 2.75) is 380 Å². The summed E-state index contributed by atoms with van der Waals surface area (Å²) >= 11 is 0. The minimum atomic E-state index is -4.65. The summed E-state index contributed by atoms with van der Waals surface area (Å²) in [5, 5.41) is 0. The van der Waals surface area contributed by atoms with Crippen LogP contribution in [0.2, 0.25) is 0 Å². The normalized spacial score (nSPS) is 13.7. The molecule has 0 N–H and O–H groups in total. The van der Waals surface area contributed by atoms with Gasteiger partial charge in [0.2, 0.25) is 0 Å². The number of ether oxygens (including phenoxy) is 2. The molecule has 2 unspecified atom stereocenters. The fraction of sp³-hybridized carbons (Fsp3) is 0.750. The summed E-state index contributed by atoms with van der Waals surface area (Å²) < 4.78 is 34.5. The molecule has 0 saturated carbocycles. The number of likely N-dealkylation sites (N-methyl/N-ethyl adjacent to an activating group) is 1. The Labute approximate surface area is 607 Å². The predicted molar refractivity (Wildman–Crippen MR) is 425 cm³/mol. The van der Waals surface area contributed by atoms with Gasteiger partial charge in [-0.1, -0.05) is 379 Å². The van der Waals surface area contributed by atoms with Crippen LogP contribution in [0.1, 0.15) is 373 Å². The van der Waals surface area contributed by atoms with Crippen LogP contribution >= 0.6 is 7.82 Å². The molecule has 0 aromatic rings. The van der Waals surface area contributed by atoms with E-state index >= 15 is 0 Å². The van der Waals surface area contributed by atoms with Crippen LogP contribution in [0.4, 0.5) is 0 Å². The van der Waals surface area contributed by atoms with E-state index in [1.54, 1.807) is 0 Å². The van der Waals surface area contributed by atoms with Crippen molar-refractivity contribution in [2.24, 2.45) is 0 Å². The first kappa shape index (κ1) is 94.4. The summed E-state index contributed by atoms with van der Waals surface area (Å²) in [5.74, 6) is -0.817. The lowest BCUT2D eigenvalue weighted by Crippen LogP contribution is -2.37. The fourth-order valence-electron chi connectivity index (χ4n) is 11.8. The van der Waals surface area contributed by atoms with E-state index in [0.29, 0.717) is 17.4 Å². The van der Waals surface area contributed by atoms with Crippen LogP contribution in [0.3, 0.4) is 0 Å². The second-order valence-corrected chi connectivity index (χ2v) is 30.1. The van der Waals surface area contributed by atoms with Crippen LogP contribution in [0, 0.1) is 0 Å². The zero-order chi connectivity index (χ0) is 71.1. The number of phosphoric ester groups is 1. The van der Waals surface area contributed by atoms with E-state index in [4.69, 9.17) is 18.5 Å². The van der Waals surface area contributed by atoms with Gasteiger partial charge in [0.15, 0.2) is 6.10 Å². The Hall–Kier alpha value is -3.59. The van der Waals surface area contributed by atoms with Gasteiger partial charge >= 0.3 is 11.9 Å². The van der Waals surface area contributed by atoms with Crippen molar-refractivity contribution in [2.75, 3.05) is 47.5 Å². The largest absolute Gasteiger partial charge is 0.756 e. The second-order valence-electron chi connectivity index (χ2n) is 28.7. The smallest absolute Gasteiger partial charge is 0.306 e. The summed E-state index contributed by atoms with van der Waals surface area (Å²) in [4.78, 5) is 38.2. The number of carbonyl (C=O) groups is 2. The van der Waals surface area contributed by atoms with Gasteiger partial charge in [0.25, 0.3) is 7.82 Å². The van der Waals surface area contributed by atoms with Crippen molar-refractivity contribution in [3.8, 4) is 0 Å². The maximum absolute atomic E-state index is 12.9. The third-order valence-corrected chi connectivity index (χ3v) is 18.9. The van der Waals surface area contributed by atoms with E-state index < -0.39 is 26.5 Å². The first-order chi connectivity index (χ1) is 48.0. The standard InChI is InChI=1S/C88H156NO8P/c1-6-8-10-12-14-16-18-20-22-24-26-28-30-32-34-36-38-40-42-43-44-45-47-49-51-53-55-57-59-61-63-65-67-69-71-73-75-77-79-81-88(91)97-86(85-96-98(92,93)95-83-82-89(3,4)5)84-94-87(90)80-78-76-74-72-70-68-66-64-62-60-58-56-54-52-50-48-46-41-39-37-35-33-31-29-27-25-23-21-19-17-15-13-11-9-7-2/h8-11,14-17,20-23,26-29,32-35,86H,6-7,12-13,18-19,24-25,30-31,36-85H2,1-5H3/b10-8-,11-9-,16-14-,17-15-,22-20-,23-21-,28-26-,29-27-,34-32-,35-33-. The lowest BCUT2D eigenvalue weighted by atomic mass is 10.0. The molecule has 0 aliphatic heterocycles. The molecule has 0 spiro atoms. The first-order valence-corrected chi connectivity index (χ1v) is 42.7. The van der Waals surface area contributed by atoms with Crippen LogP contribution in [-0.2, 0) is 32.7 Å². The highest BCUT2D eigenvalue weighted by Gasteiger charge is 2.22. The summed E-state index contributed by atoms with van der Waals surface area (Å²) in [5.41, 5.74) is 0. The first-order valence-electron chi connectivity index (χ1n) is 41.2. The van der Waals surface area contributed by atoms with Gasteiger partial charge in [-0.2, -0.15) is 0 Å². The van der Waals surface area contributed by atoms with Crippen molar-refractivity contribution in [3.63, 3.8) is 0 Å². The number of quaternary nitrogens is 1. The van der Waals surface area contributed by atoms with Crippen molar-refractivity contribution < 1.29 is 42.1 Å². The SMILES string of the molecule is CC/C=C\C/C=C\C/C=C\C/C=C\C/C=C\CCCCCCCCCCCCCCCCCCCCCCCCCC(=O)OC(COC(=O)CCCCCCCCCCCCCCCCCCCCC/C=C\C/C=C\C/C=C\C/C=C\C/C=C\CC)COP(=O)([O-])OCC[N+](C)(C)C. The Morgan fingerprint density at radius 2 is 0.551 bits per heavy atom. The average Bonchev–Trinajstić information content (AvgIpc) is 1.23. The van der Waals surface area contributed by atoms with Crippen molar-refractivity contribution >= 4 is 19.8 Å². The number of allylic oxidation sites excluding steroid dienone is 20. The van der Waals surface area contributed by atoms with Crippen LogP contribution in [0.25, 0.3) is 0 Å². The maximum Gasteiger partial charge on any atom is 0.306 e. The lowest BCUT2D eigenvalue weighted by molar-refractivity contribution is -0.870. The Bertz CT molecular complexity index is 2070. The molecule has 2 atom stereocenters. The Morgan fingerprint density at radius 3 is 0.816 bits per heavy atom. The molecule has 0 rings (SSSR count). The van der Waals surface area contributed by atoms with Gasteiger partial charge in [-0.05, 0) is 103 Å². The van der Waals surface area contributed by atoms with Gasteiger partial charge < -0.3 is 27.9 Å². The zero-order valence-electron chi connectivity index (χ0n) is 64.7. The van der Waals surface area contributed by atoms with E-state index in [1.165, 1.54) is 238 Å². The monoisotopic (exact) mass is 1390 g/mol. The van der Waals surface area contributed by atoms with Gasteiger partial charge in [-0.25, -0.2) is 0 Å². The Kier molecular flexibility index (Phi) is 74.7. The third kappa shape index (κ3) is 81.4. The molecule has 0 aromatic heterocycles. The summed E-state index contributed by atoms with van der Waals surface area (Å²) in [6.45, 7) is 4.06. The Balaban J connectivity index is 3.92. The maximum atomic E-state index is 12.9. The molecule has 0 aliphatic rings. The molecule has 0 aliphatic carbocycles. The molecule has 0 amide bonds.